The van der Waals surface area contributed by atoms with Crippen molar-refractivity contribution in [2.45, 2.75) is 50.8 Å². The van der Waals surface area contributed by atoms with E-state index < -0.39 is 17.9 Å². The van der Waals surface area contributed by atoms with Crippen molar-refractivity contribution in [2.24, 2.45) is 0 Å². The Hall–Kier alpha value is -3.21. The lowest BCUT2D eigenvalue weighted by Gasteiger charge is -2.32. The van der Waals surface area contributed by atoms with Gasteiger partial charge in [-0.05, 0) is 82.3 Å². The molecule has 1 atom stereocenters. The Bertz CT molecular complexity index is 1600. The van der Waals surface area contributed by atoms with E-state index in [1.807, 2.05) is 38.4 Å². The lowest BCUT2D eigenvalue weighted by Crippen LogP contribution is -2.34. The molecular formula is C32H36ClFN4O4. The highest BCUT2D eigenvalue weighted by Gasteiger charge is 2.43. The van der Waals surface area contributed by atoms with Gasteiger partial charge in [0.2, 0.25) is 0 Å². The molecule has 0 spiro atoms. The van der Waals surface area contributed by atoms with Gasteiger partial charge in [0.25, 0.3) is 5.79 Å². The van der Waals surface area contributed by atoms with Crippen LogP contribution in [0.15, 0.2) is 54.6 Å². The lowest BCUT2D eigenvalue weighted by molar-refractivity contribution is -0.0712. The zero-order chi connectivity index (χ0) is 29.6. The number of benzene rings is 3. The monoisotopic (exact) mass is 594 g/mol. The van der Waals surface area contributed by atoms with Gasteiger partial charge in [0.15, 0.2) is 17.8 Å². The molecule has 6 rings (SSSR count). The summed E-state index contributed by atoms with van der Waals surface area (Å²) < 4.78 is 29.5. The Labute approximate surface area is 249 Å². The van der Waals surface area contributed by atoms with E-state index in [1.165, 1.54) is 6.07 Å². The highest BCUT2D eigenvalue weighted by Crippen LogP contribution is 2.49. The number of aromatic nitrogens is 2. The topological polar surface area (TPSA) is 83.2 Å². The van der Waals surface area contributed by atoms with Crippen LogP contribution in [-0.2, 0) is 18.9 Å². The van der Waals surface area contributed by atoms with E-state index in [-0.39, 0.29) is 5.92 Å². The number of piperidine rings is 1. The van der Waals surface area contributed by atoms with Crippen LogP contribution in [-0.4, -0.2) is 63.3 Å². The summed E-state index contributed by atoms with van der Waals surface area (Å²) in [6, 6.07) is 15.8. The zero-order valence-electron chi connectivity index (χ0n) is 24.1. The molecule has 3 aromatic carbocycles. The first-order chi connectivity index (χ1) is 20.1. The second kappa shape index (κ2) is 11.5. The van der Waals surface area contributed by atoms with Gasteiger partial charge in [0.05, 0.1) is 23.1 Å². The van der Waals surface area contributed by atoms with Crippen LogP contribution < -0.4 is 9.47 Å². The Morgan fingerprint density at radius 1 is 1.10 bits per heavy atom. The SMILES string of the molecule is CN(C)CCn1c(CN2CCC(c3cccc4c3OC(C)(c3ccc(Cl)cc3F)O4)CC2)nc2ccc(C(O)O)cc21. The highest BCUT2D eigenvalue weighted by molar-refractivity contribution is 6.30. The number of hydrogen-bond acceptors (Lipinski definition) is 7. The first-order valence-corrected chi connectivity index (χ1v) is 14.7. The van der Waals surface area contributed by atoms with Crippen molar-refractivity contribution >= 4 is 22.6 Å². The molecule has 10 heteroatoms. The molecule has 0 saturated carbocycles. The van der Waals surface area contributed by atoms with Gasteiger partial charge in [-0.1, -0.05) is 29.8 Å². The average Bonchev–Trinajstić information content (AvgIpc) is 3.48. The summed E-state index contributed by atoms with van der Waals surface area (Å²) in [6.45, 7) is 5.79. The lowest BCUT2D eigenvalue weighted by atomic mass is 9.88. The van der Waals surface area contributed by atoms with E-state index in [1.54, 1.807) is 25.1 Å². The molecule has 8 nitrogen and oxygen atoms in total. The Morgan fingerprint density at radius 3 is 2.60 bits per heavy atom. The van der Waals surface area contributed by atoms with Crippen LogP contribution in [0, 0.1) is 5.82 Å². The summed E-state index contributed by atoms with van der Waals surface area (Å²) >= 11 is 5.97. The van der Waals surface area contributed by atoms with E-state index in [2.05, 4.69) is 20.4 Å². The highest BCUT2D eigenvalue weighted by atomic mass is 35.5. The summed E-state index contributed by atoms with van der Waals surface area (Å²) in [5.74, 6) is 0.805. The maximum Gasteiger partial charge on any atom is 0.278 e. The summed E-state index contributed by atoms with van der Waals surface area (Å²) in [7, 11) is 4.08. The molecule has 2 aliphatic rings. The number of aliphatic hydroxyl groups excluding tert-OH is 1. The van der Waals surface area contributed by atoms with Crippen LogP contribution >= 0.6 is 11.6 Å². The predicted octanol–water partition coefficient (Wildman–Crippen LogP) is 5.40. The number of rotatable bonds is 8. The first kappa shape index (κ1) is 28.9. The molecule has 0 radical (unpaired) electrons. The summed E-state index contributed by atoms with van der Waals surface area (Å²) in [5, 5.41) is 19.8. The zero-order valence-corrected chi connectivity index (χ0v) is 24.8. The van der Waals surface area contributed by atoms with Gasteiger partial charge in [-0.2, -0.15) is 0 Å². The van der Waals surface area contributed by atoms with E-state index in [9.17, 15) is 14.6 Å². The molecule has 0 bridgehead atoms. The van der Waals surface area contributed by atoms with Crippen LogP contribution in [0.3, 0.4) is 0 Å². The third kappa shape index (κ3) is 5.59. The third-order valence-electron chi connectivity index (χ3n) is 8.34. The van der Waals surface area contributed by atoms with Gasteiger partial charge < -0.3 is 29.2 Å². The predicted molar refractivity (Wildman–Crippen MR) is 159 cm³/mol. The van der Waals surface area contributed by atoms with Crippen LogP contribution in [0.4, 0.5) is 4.39 Å². The summed E-state index contributed by atoms with van der Waals surface area (Å²) in [6.07, 6.45) is 0.348. The average molecular weight is 595 g/mol. The largest absolute Gasteiger partial charge is 0.444 e. The van der Waals surface area contributed by atoms with Gasteiger partial charge >= 0.3 is 0 Å². The number of hydrogen-bond donors (Lipinski definition) is 2. The molecule has 42 heavy (non-hydrogen) atoms. The number of aliphatic hydroxyl groups is 2. The fraction of sp³-hybridized carbons (Fsp3) is 0.406. The van der Waals surface area contributed by atoms with Crippen LogP contribution in [0.1, 0.15) is 54.5 Å². The minimum absolute atomic E-state index is 0.276. The quantitative estimate of drug-likeness (QED) is 0.264. The number of likely N-dealkylation sites (N-methyl/N-ethyl adjacent to an activating group) is 1. The normalized spacial score (nSPS) is 19.5. The first-order valence-electron chi connectivity index (χ1n) is 14.3. The minimum Gasteiger partial charge on any atom is -0.444 e. The molecule has 1 saturated heterocycles. The molecular weight excluding hydrogens is 559 g/mol. The second-order valence-corrected chi connectivity index (χ2v) is 12.0. The standard InChI is InChI=1S/C32H36ClFN4O4/c1-32(24-9-8-22(33)18-25(24)34)41-28-6-4-5-23(30(28)42-32)20-11-13-37(14-12-20)19-29-35-26-10-7-21(31(39)40)17-27(26)38(29)16-15-36(2)3/h4-10,17-18,20,31,39-40H,11-16,19H2,1-3H3. The number of ether oxygens (including phenoxy) is 2. The van der Waals surface area contributed by atoms with Crippen LogP contribution in [0.25, 0.3) is 11.0 Å². The number of imidazole rings is 1. The smallest absolute Gasteiger partial charge is 0.278 e. The Balaban J connectivity index is 1.18. The molecule has 2 N–H and O–H groups in total. The third-order valence-corrected chi connectivity index (χ3v) is 8.58. The van der Waals surface area contributed by atoms with Gasteiger partial charge in [-0.15, -0.1) is 0 Å². The maximum absolute atomic E-state index is 14.8. The van der Waals surface area contributed by atoms with Gasteiger partial charge in [0.1, 0.15) is 11.6 Å². The second-order valence-electron chi connectivity index (χ2n) is 11.6. The van der Waals surface area contributed by atoms with Crippen molar-refractivity contribution in [1.82, 2.24) is 19.4 Å². The van der Waals surface area contributed by atoms with Gasteiger partial charge in [-0.3, -0.25) is 4.90 Å². The molecule has 1 fully saturated rings. The molecule has 4 aromatic rings. The molecule has 222 valence electrons. The number of likely N-dealkylation sites (tertiary alicyclic amines) is 1. The van der Waals surface area contributed by atoms with Crippen molar-refractivity contribution in [3.05, 3.63) is 88.0 Å². The van der Waals surface area contributed by atoms with Crippen molar-refractivity contribution in [3.63, 3.8) is 0 Å². The van der Waals surface area contributed by atoms with Crippen LogP contribution in [0.2, 0.25) is 5.02 Å². The van der Waals surface area contributed by atoms with Crippen molar-refractivity contribution < 1.29 is 24.1 Å². The van der Waals surface area contributed by atoms with Crippen LogP contribution in [0.5, 0.6) is 11.5 Å². The molecule has 0 amide bonds. The summed E-state index contributed by atoms with van der Waals surface area (Å²) in [5.41, 5.74) is 3.60. The molecule has 1 aromatic heterocycles. The fourth-order valence-corrected chi connectivity index (χ4v) is 6.22. The molecule has 3 heterocycles. The number of nitrogens with zero attached hydrogens (tertiary/aromatic N) is 4. The number of para-hydroxylation sites is 1. The van der Waals surface area contributed by atoms with E-state index in [0.717, 1.165) is 61.4 Å². The minimum atomic E-state index is -1.52. The maximum atomic E-state index is 14.8. The van der Waals surface area contributed by atoms with Gasteiger partial charge in [0, 0.05) is 36.2 Å². The van der Waals surface area contributed by atoms with Crippen molar-refractivity contribution in [1.29, 1.82) is 0 Å². The molecule has 2 aliphatic heterocycles. The van der Waals surface area contributed by atoms with Gasteiger partial charge in [-0.25, -0.2) is 9.37 Å². The molecule has 0 aliphatic carbocycles. The Morgan fingerprint density at radius 2 is 1.88 bits per heavy atom. The number of fused-ring (bicyclic) bond motifs is 2. The van der Waals surface area contributed by atoms with Crippen molar-refractivity contribution in [3.8, 4) is 11.5 Å². The summed E-state index contributed by atoms with van der Waals surface area (Å²) in [4.78, 5) is 9.47. The fourth-order valence-electron chi connectivity index (χ4n) is 6.06. The Kier molecular flexibility index (Phi) is 7.89. The van der Waals surface area contributed by atoms with E-state index >= 15 is 0 Å². The van der Waals surface area contributed by atoms with Crippen molar-refractivity contribution in [2.75, 3.05) is 33.7 Å². The van der Waals surface area contributed by atoms with E-state index in [4.69, 9.17) is 26.1 Å². The number of halogens is 2. The molecule has 1 unspecified atom stereocenters. The van der Waals surface area contributed by atoms with E-state index in [0.29, 0.717) is 34.2 Å².